The van der Waals surface area contributed by atoms with Crippen LogP contribution in [-0.2, 0) is 0 Å². The van der Waals surface area contributed by atoms with Crippen molar-refractivity contribution in [3.8, 4) is 23.0 Å². The monoisotopic (exact) mass is 714 g/mol. The summed E-state index contributed by atoms with van der Waals surface area (Å²) in [5.74, 6) is 2.14. The Kier molecular flexibility index (Phi) is 11.0. The maximum atomic E-state index is 13.7. The summed E-state index contributed by atoms with van der Waals surface area (Å²) in [4.78, 5) is 24.8. The molecule has 8 rings (SSSR count). The van der Waals surface area contributed by atoms with Crippen LogP contribution in [0, 0.1) is 35.3 Å². The summed E-state index contributed by atoms with van der Waals surface area (Å²) in [6, 6.07) is 19.3. The molecule has 2 aliphatic heterocycles. The molecule has 0 bridgehead atoms. The van der Waals surface area contributed by atoms with Gasteiger partial charge >= 0.3 is 0 Å². The molecule has 4 heterocycles. The first-order valence-electron chi connectivity index (χ1n) is 17.9. The van der Waals surface area contributed by atoms with Crippen LogP contribution in [0.15, 0.2) is 85.2 Å². The molecule has 0 spiro atoms. The predicted octanol–water partition coefficient (Wildman–Crippen LogP) is 5.65. The highest BCUT2D eigenvalue weighted by atomic mass is 19.1. The molecular weight excluding hydrogens is 670 g/mol. The van der Waals surface area contributed by atoms with Crippen LogP contribution in [-0.4, -0.2) is 92.3 Å². The fourth-order valence-electron chi connectivity index (χ4n) is 8.36. The lowest BCUT2D eigenvalue weighted by Crippen LogP contribution is -2.30. The Balaban J connectivity index is 0.000000162. The summed E-state index contributed by atoms with van der Waals surface area (Å²) >= 11 is 0. The third-order valence-electron chi connectivity index (χ3n) is 10.8. The Hall–Kier alpha value is -4.65. The van der Waals surface area contributed by atoms with E-state index in [0.29, 0.717) is 59.6 Å². The average Bonchev–Trinajstić information content (AvgIpc) is 3.88. The summed E-state index contributed by atoms with van der Waals surface area (Å²) in [5.41, 5.74) is 0.946. The molecule has 3 N–H and O–H groups in total. The molecule has 4 aromatic rings. The molecule has 0 amide bonds. The molecular formula is C40H44F2N4O6. The number of Topliss-reactive ketones (excluding diaryl/α,β-unsaturated/α-hetero) is 1. The summed E-state index contributed by atoms with van der Waals surface area (Å²) < 4.78 is 39.2. The lowest BCUT2D eigenvalue weighted by atomic mass is 10.0. The Morgan fingerprint density at radius 2 is 1.17 bits per heavy atom. The number of aliphatic hydroxyl groups excluding tert-OH is 1. The Bertz CT molecular complexity index is 1790. The van der Waals surface area contributed by atoms with Gasteiger partial charge in [0.15, 0.2) is 28.9 Å². The fourth-order valence-corrected chi connectivity index (χ4v) is 8.36. The van der Waals surface area contributed by atoms with Gasteiger partial charge in [0.05, 0.1) is 36.8 Å². The number of nitrogens with zero attached hydrogens (tertiary/aromatic N) is 4. The van der Waals surface area contributed by atoms with E-state index in [4.69, 9.17) is 9.47 Å². The number of rotatable bonds is 10. The first-order chi connectivity index (χ1) is 25.2. The van der Waals surface area contributed by atoms with Crippen LogP contribution in [0.25, 0.3) is 0 Å². The number of pyridine rings is 2. The minimum Gasteiger partial charge on any atom is -0.506 e. The lowest BCUT2D eigenvalue weighted by Gasteiger charge is -2.22. The second-order valence-electron chi connectivity index (χ2n) is 14.5. The maximum absolute atomic E-state index is 13.7. The number of likely N-dealkylation sites (tertiary alicyclic amines) is 2. The molecule has 12 heteroatoms. The Morgan fingerprint density at radius 1 is 0.692 bits per heavy atom. The van der Waals surface area contributed by atoms with Crippen LogP contribution in [0.3, 0.4) is 0 Å². The van der Waals surface area contributed by atoms with Gasteiger partial charge in [0.2, 0.25) is 0 Å². The highest BCUT2D eigenvalue weighted by Crippen LogP contribution is 2.41. The number of hydrogen-bond acceptors (Lipinski definition) is 10. The molecule has 274 valence electrons. The Morgan fingerprint density at radius 3 is 1.63 bits per heavy atom. The van der Waals surface area contributed by atoms with E-state index >= 15 is 0 Å². The molecule has 0 radical (unpaired) electrons. The van der Waals surface area contributed by atoms with E-state index in [1.807, 2.05) is 0 Å². The van der Waals surface area contributed by atoms with Crippen molar-refractivity contribution >= 4 is 5.78 Å². The zero-order valence-electron chi connectivity index (χ0n) is 28.8. The van der Waals surface area contributed by atoms with E-state index in [0.717, 1.165) is 51.9 Å². The number of aromatic hydroxyl groups is 2. The van der Waals surface area contributed by atoms with Gasteiger partial charge in [-0.05, 0) is 97.9 Å². The van der Waals surface area contributed by atoms with Crippen molar-refractivity contribution in [2.75, 3.05) is 39.3 Å². The number of halogens is 2. The molecule has 2 saturated heterocycles. The summed E-state index contributed by atoms with van der Waals surface area (Å²) in [5, 5.41) is 28.9. The topological polar surface area (TPSA) is 128 Å². The number of aliphatic hydroxyl groups is 1. The minimum absolute atomic E-state index is 0.0378. The van der Waals surface area contributed by atoms with E-state index in [-0.39, 0.29) is 41.1 Å². The van der Waals surface area contributed by atoms with E-state index < -0.39 is 6.10 Å². The zero-order chi connectivity index (χ0) is 36.2. The molecule has 2 aromatic carbocycles. The van der Waals surface area contributed by atoms with Gasteiger partial charge in [-0.2, -0.15) is 0 Å². The lowest BCUT2D eigenvalue weighted by molar-refractivity contribution is 0.0931. The van der Waals surface area contributed by atoms with E-state index in [9.17, 15) is 28.9 Å². The van der Waals surface area contributed by atoms with Gasteiger partial charge in [-0.25, -0.2) is 13.8 Å². The largest absolute Gasteiger partial charge is 0.506 e. The van der Waals surface area contributed by atoms with Crippen molar-refractivity contribution in [2.45, 2.75) is 44.0 Å². The van der Waals surface area contributed by atoms with Crippen molar-refractivity contribution in [3.63, 3.8) is 0 Å². The number of aromatic nitrogens is 2. The third kappa shape index (κ3) is 8.68. The number of benzene rings is 2. The fraction of sp³-hybridized carbons (Fsp3) is 0.425. The second kappa shape index (κ2) is 15.9. The highest BCUT2D eigenvalue weighted by Gasteiger charge is 2.43. The van der Waals surface area contributed by atoms with Crippen LogP contribution >= 0.6 is 0 Å². The molecule has 2 saturated carbocycles. The number of carbonyl (C=O) groups excluding carboxylic acids is 1. The molecule has 2 aliphatic carbocycles. The zero-order valence-corrected chi connectivity index (χ0v) is 28.8. The van der Waals surface area contributed by atoms with Gasteiger partial charge in [-0.3, -0.25) is 19.6 Å². The van der Waals surface area contributed by atoms with Crippen molar-refractivity contribution < 1.29 is 38.4 Å². The number of carbonyl (C=O) groups is 1. The molecule has 7 atom stereocenters. The summed E-state index contributed by atoms with van der Waals surface area (Å²) in [7, 11) is 0. The molecule has 10 nitrogen and oxygen atoms in total. The van der Waals surface area contributed by atoms with Gasteiger partial charge in [-0.15, -0.1) is 0 Å². The van der Waals surface area contributed by atoms with Crippen LogP contribution in [0.5, 0.6) is 23.0 Å². The number of ketones is 1. The first-order valence-corrected chi connectivity index (χ1v) is 17.9. The molecule has 2 aromatic heterocycles. The smallest absolute Gasteiger partial charge is 0.195 e. The first kappa shape index (κ1) is 35.7. The third-order valence-corrected chi connectivity index (χ3v) is 10.8. The molecule has 2 unspecified atom stereocenters. The predicted molar refractivity (Wildman–Crippen MR) is 188 cm³/mol. The Labute approximate surface area is 301 Å². The van der Waals surface area contributed by atoms with Crippen LogP contribution in [0.4, 0.5) is 8.78 Å². The van der Waals surface area contributed by atoms with Crippen molar-refractivity contribution in [1.82, 2.24) is 19.8 Å². The number of fused-ring (bicyclic) bond motifs is 2. The summed E-state index contributed by atoms with van der Waals surface area (Å²) in [6.07, 6.45) is 5.69. The van der Waals surface area contributed by atoms with Gasteiger partial charge in [0.25, 0.3) is 0 Å². The number of β-amino-alcohol motifs (C(OH)–C–C–N with tert-alkyl or cyclic N) is 1. The van der Waals surface area contributed by atoms with E-state index in [2.05, 4.69) is 19.8 Å². The van der Waals surface area contributed by atoms with Crippen LogP contribution < -0.4 is 9.47 Å². The number of para-hydroxylation sites is 2. The molecule has 52 heavy (non-hydrogen) atoms. The minimum atomic E-state index is -0.667. The molecule has 4 fully saturated rings. The van der Waals surface area contributed by atoms with Gasteiger partial charge in [0, 0.05) is 32.7 Å². The normalized spacial score (nSPS) is 25.9. The van der Waals surface area contributed by atoms with Crippen LogP contribution in [0.2, 0.25) is 0 Å². The van der Waals surface area contributed by atoms with E-state index in [1.165, 1.54) is 36.7 Å². The van der Waals surface area contributed by atoms with Crippen LogP contribution in [0.1, 0.15) is 48.0 Å². The van der Waals surface area contributed by atoms with Crippen molar-refractivity contribution in [3.05, 3.63) is 108 Å². The second-order valence-corrected chi connectivity index (χ2v) is 14.5. The van der Waals surface area contributed by atoms with E-state index in [1.54, 1.807) is 48.5 Å². The van der Waals surface area contributed by atoms with Gasteiger partial charge in [0.1, 0.15) is 23.3 Å². The average molecular weight is 715 g/mol. The van der Waals surface area contributed by atoms with Gasteiger partial charge in [-0.1, -0.05) is 24.3 Å². The number of hydrogen-bond donors (Lipinski definition) is 3. The highest BCUT2D eigenvalue weighted by molar-refractivity contribution is 5.95. The molecule has 4 aliphatic rings. The van der Waals surface area contributed by atoms with Crippen molar-refractivity contribution in [2.24, 2.45) is 23.7 Å². The standard InChI is InChI=1S/C20H23FN2O3.C20H21FN2O3/c2*21-17-3-1-2-4-20(17)26-16-7-13-10-23(11-14(13)8-16)12-19(25)18-6-5-15(24)9-22-18/h1-6,9,13-14,16,19,24-25H,7-8,10-12H2;1-6,9,13-14,16,24H,7-8,10-12H2/t13-,14+,16?,19-;13-,14+,16?/m1./s1. The maximum Gasteiger partial charge on any atom is 0.195 e. The number of ether oxygens (including phenoxy) is 2. The SMILES string of the molecule is O=C(CN1C[C@H]2CC(Oc3ccccc3F)C[C@H]2C1)c1ccc(O)cn1.Oc1ccc([C@H](O)CN2C[C@H]3CC(Oc4ccccc4F)C[C@H]3C2)nc1. The quantitative estimate of drug-likeness (QED) is 0.178. The van der Waals surface area contributed by atoms with Crippen molar-refractivity contribution in [1.29, 1.82) is 0 Å². The van der Waals surface area contributed by atoms with Gasteiger partial charge < -0.3 is 24.8 Å². The summed E-state index contributed by atoms with van der Waals surface area (Å²) in [6.45, 7) is 4.40.